The van der Waals surface area contributed by atoms with Crippen molar-refractivity contribution in [1.82, 2.24) is 0 Å². The van der Waals surface area contributed by atoms with Crippen LogP contribution in [0.25, 0.3) is 0 Å². The maximum Gasteiger partial charge on any atom is 0.181 e. The van der Waals surface area contributed by atoms with Crippen LogP contribution in [0.1, 0.15) is 6.92 Å². The van der Waals surface area contributed by atoms with Gasteiger partial charge in [-0.2, -0.15) is 0 Å². The van der Waals surface area contributed by atoms with E-state index in [-0.39, 0.29) is 0 Å². The zero-order valence-electron chi connectivity index (χ0n) is 3.47. The lowest BCUT2D eigenvalue weighted by Gasteiger charge is -1.76. The highest BCUT2D eigenvalue weighted by Crippen LogP contribution is 1.89. The molecule has 0 aliphatic rings. The molecule has 0 unspecified atom stereocenters. The van der Waals surface area contributed by atoms with Crippen molar-refractivity contribution < 1.29 is 9.32 Å². The summed E-state index contributed by atoms with van der Waals surface area (Å²) in [5, 5.41) is 0. The molecule has 3 heteroatoms. The van der Waals surface area contributed by atoms with Crippen LogP contribution < -0.4 is 0 Å². The third-order valence-electron chi connectivity index (χ3n) is 0.231. The van der Waals surface area contributed by atoms with E-state index >= 15 is 0 Å². The zero-order valence-corrected chi connectivity index (χ0v) is 4.37. The highest BCUT2D eigenvalue weighted by atomic mass is 31.1. The molecule has 0 aromatic heterocycles. The summed E-state index contributed by atoms with van der Waals surface area (Å²) in [4.78, 5) is 9.30. The van der Waals surface area contributed by atoms with Crippen molar-refractivity contribution in [3.8, 4) is 0 Å². The average molecular weight is 104 g/mol. The summed E-state index contributed by atoms with van der Waals surface area (Å²) in [5.41, 5.74) is 1.57. The van der Waals surface area contributed by atoms with Gasteiger partial charge in [-0.05, 0) is 6.92 Å². The number of carbonyl (C=O) groups excluding carboxylic acids is 1. The van der Waals surface area contributed by atoms with Crippen LogP contribution in [0.5, 0.6) is 0 Å². The van der Waals surface area contributed by atoms with E-state index in [2.05, 4.69) is 4.52 Å². The fourth-order valence-electron chi connectivity index (χ4n) is 0.0909. The Morgan fingerprint density at radius 1 is 2.00 bits per heavy atom. The second kappa shape index (κ2) is 4.84. The van der Waals surface area contributed by atoms with Crippen LogP contribution in [0.15, 0.2) is 0 Å². The Labute approximate surface area is 38.0 Å². The topological polar surface area (TPSA) is 26.3 Å². The van der Waals surface area contributed by atoms with Gasteiger partial charge in [0.05, 0.1) is 6.61 Å². The lowest BCUT2D eigenvalue weighted by atomic mass is 10.9. The first-order valence-electron chi connectivity index (χ1n) is 1.61. The Morgan fingerprint density at radius 3 is 2.83 bits per heavy atom. The van der Waals surface area contributed by atoms with Gasteiger partial charge in [-0.25, -0.2) is 4.79 Å². The third kappa shape index (κ3) is 3.84. The van der Waals surface area contributed by atoms with E-state index in [4.69, 9.17) is 0 Å². The van der Waals surface area contributed by atoms with E-state index in [9.17, 15) is 4.79 Å². The van der Waals surface area contributed by atoms with E-state index in [1.54, 1.807) is 5.66 Å². The fraction of sp³-hybridized carbons (Fsp3) is 0.667. The van der Waals surface area contributed by atoms with Gasteiger partial charge in [0.2, 0.25) is 0 Å². The standard InChI is InChI=1S/C3H5O2P/c1-2-5-6-3-4/h2H2,1H3. The van der Waals surface area contributed by atoms with Crippen molar-refractivity contribution in [3.63, 3.8) is 0 Å². The van der Waals surface area contributed by atoms with Gasteiger partial charge in [0.15, 0.2) is 14.1 Å². The monoisotopic (exact) mass is 104 g/mol. The second-order valence-corrected chi connectivity index (χ2v) is 1.22. The quantitative estimate of drug-likeness (QED) is 0.487. The van der Waals surface area contributed by atoms with Crippen LogP contribution in [-0.2, 0) is 9.32 Å². The molecule has 0 fully saturated rings. The summed E-state index contributed by atoms with van der Waals surface area (Å²) in [5.74, 6) is 0. The highest BCUT2D eigenvalue weighted by Gasteiger charge is 1.64. The lowest BCUT2D eigenvalue weighted by Crippen LogP contribution is -1.66. The van der Waals surface area contributed by atoms with Crippen molar-refractivity contribution in [3.05, 3.63) is 0 Å². The smallest absolute Gasteiger partial charge is 0.181 e. The number of hydrogen-bond donors (Lipinski definition) is 0. The Balaban J connectivity index is 2.86. The first-order valence-corrected chi connectivity index (χ1v) is 2.42. The molecule has 0 aromatic rings. The first kappa shape index (κ1) is 5.84. The predicted molar refractivity (Wildman–Crippen MR) is 24.2 cm³/mol. The molecular weight excluding hydrogens is 99.0 g/mol. The van der Waals surface area contributed by atoms with Crippen LogP contribution >= 0.6 is 8.43 Å². The van der Waals surface area contributed by atoms with Crippen LogP contribution in [-0.4, -0.2) is 12.3 Å². The predicted octanol–water partition coefficient (Wildman–Crippen LogP) is 0.951. The van der Waals surface area contributed by atoms with E-state index in [1.807, 2.05) is 6.92 Å². The van der Waals surface area contributed by atoms with Crippen molar-refractivity contribution in [2.45, 2.75) is 6.92 Å². The van der Waals surface area contributed by atoms with Crippen molar-refractivity contribution in [2.24, 2.45) is 0 Å². The minimum atomic E-state index is 0.306. The van der Waals surface area contributed by atoms with E-state index < -0.39 is 0 Å². The molecule has 0 radical (unpaired) electrons. The highest BCUT2D eigenvalue weighted by molar-refractivity contribution is 7.31. The van der Waals surface area contributed by atoms with Crippen LogP contribution in [0.4, 0.5) is 0 Å². The molecule has 0 spiro atoms. The van der Waals surface area contributed by atoms with Gasteiger partial charge in [-0.1, -0.05) is 0 Å². The molecule has 0 N–H and O–H groups in total. The molecule has 6 heavy (non-hydrogen) atoms. The first-order chi connectivity index (χ1) is 2.91. The summed E-state index contributed by atoms with van der Waals surface area (Å²) in [6.45, 7) is 2.40. The van der Waals surface area contributed by atoms with Gasteiger partial charge < -0.3 is 4.52 Å². The van der Waals surface area contributed by atoms with Crippen molar-refractivity contribution in [2.75, 3.05) is 6.61 Å². The normalized spacial score (nSPS) is 8.17. The Kier molecular flexibility index (Phi) is 4.71. The molecule has 0 heterocycles. The van der Waals surface area contributed by atoms with Crippen LogP contribution in [0.2, 0.25) is 0 Å². The molecule has 0 aliphatic heterocycles. The lowest BCUT2D eigenvalue weighted by molar-refractivity contribution is 0.397. The molecule has 0 amide bonds. The Morgan fingerprint density at radius 2 is 2.67 bits per heavy atom. The minimum Gasteiger partial charge on any atom is -0.318 e. The average Bonchev–Trinajstić information content (AvgIpc) is 1.61. The van der Waals surface area contributed by atoms with Crippen LogP contribution in [0, 0.1) is 0 Å². The minimum absolute atomic E-state index is 0.306. The van der Waals surface area contributed by atoms with Gasteiger partial charge in [0.1, 0.15) is 0 Å². The van der Waals surface area contributed by atoms with Gasteiger partial charge in [-0.15, -0.1) is 0 Å². The molecule has 0 saturated carbocycles. The Bertz CT molecular complexity index is 65.2. The molecule has 0 aromatic carbocycles. The molecule has 0 bridgehead atoms. The summed E-state index contributed by atoms with van der Waals surface area (Å²) in [6.07, 6.45) is 0. The summed E-state index contributed by atoms with van der Waals surface area (Å²) < 4.78 is 4.53. The fourth-order valence-corrected chi connectivity index (χ4v) is 0.273. The van der Waals surface area contributed by atoms with Gasteiger partial charge in [-0.3, -0.25) is 0 Å². The molecule has 0 aliphatic carbocycles. The molecule has 34 valence electrons. The molecule has 2 nitrogen and oxygen atoms in total. The van der Waals surface area contributed by atoms with Crippen molar-refractivity contribution >= 4 is 14.1 Å². The van der Waals surface area contributed by atoms with E-state index in [0.29, 0.717) is 15.0 Å². The van der Waals surface area contributed by atoms with Gasteiger partial charge in [0, 0.05) is 0 Å². The van der Waals surface area contributed by atoms with E-state index in [1.165, 1.54) is 0 Å². The summed E-state index contributed by atoms with van der Waals surface area (Å²) in [7, 11) is 0.306. The number of hydrogen-bond acceptors (Lipinski definition) is 2. The summed E-state index contributed by atoms with van der Waals surface area (Å²) >= 11 is 0. The maximum atomic E-state index is 9.30. The van der Waals surface area contributed by atoms with Crippen molar-refractivity contribution in [1.29, 1.82) is 0 Å². The molecule has 0 atom stereocenters. The molecular formula is C3H5O2P. The second-order valence-electron chi connectivity index (χ2n) is 0.600. The third-order valence-corrected chi connectivity index (χ3v) is 0.693. The SMILES string of the molecule is CCOP=C=O. The van der Waals surface area contributed by atoms with Gasteiger partial charge in [0.25, 0.3) is 0 Å². The van der Waals surface area contributed by atoms with Crippen LogP contribution in [0.3, 0.4) is 0 Å². The molecule has 0 rings (SSSR count). The number of rotatable bonds is 2. The largest absolute Gasteiger partial charge is 0.318 e. The summed E-state index contributed by atoms with van der Waals surface area (Å²) in [6, 6.07) is 0. The molecule has 0 saturated heterocycles. The van der Waals surface area contributed by atoms with Gasteiger partial charge >= 0.3 is 0 Å². The zero-order chi connectivity index (χ0) is 4.83. The Hall–Kier alpha value is -0.160. The maximum absolute atomic E-state index is 9.30. The van der Waals surface area contributed by atoms with E-state index in [0.717, 1.165) is 0 Å².